The lowest BCUT2D eigenvalue weighted by Gasteiger charge is -2.08. The zero-order chi connectivity index (χ0) is 14.1. The average molecular weight is 280 g/mol. The summed E-state index contributed by atoms with van der Waals surface area (Å²) in [6.45, 7) is 4.44. The molecule has 0 bridgehead atoms. The maximum Gasteiger partial charge on any atom is 0.138 e. The van der Waals surface area contributed by atoms with Gasteiger partial charge in [-0.15, -0.1) is 0 Å². The Labute approximate surface area is 119 Å². The van der Waals surface area contributed by atoms with Gasteiger partial charge in [-0.05, 0) is 29.4 Å². The molecule has 1 rings (SSSR count). The fourth-order valence-corrected chi connectivity index (χ4v) is 2.64. The van der Waals surface area contributed by atoms with Gasteiger partial charge in [0.25, 0.3) is 0 Å². The van der Waals surface area contributed by atoms with Gasteiger partial charge in [0.15, 0.2) is 0 Å². The molecular weight excluding hydrogens is 259 g/mol. The van der Waals surface area contributed by atoms with Crippen LogP contribution < -0.4 is 0 Å². The number of aliphatic hydroxyl groups excluding tert-OH is 1. The molecule has 1 atom stereocenters. The van der Waals surface area contributed by atoms with E-state index in [0.29, 0.717) is 17.9 Å². The van der Waals surface area contributed by atoms with E-state index in [1.54, 1.807) is 0 Å². The normalized spacial score (nSPS) is 11.8. The molecule has 1 unspecified atom stereocenters. The molecule has 0 aliphatic heterocycles. The molecule has 0 amide bonds. The standard InChI is InChI=1S/C16H21FOS/c1-3-13(2)11-19-12-14-7-8-16(17)15(10-14)6-4-5-9-18/h7-8,10,13,18H,3,5,9,11-12H2,1-2H3. The van der Waals surface area contributed by atoms with Crippen LogP contribution in [0.5, 0.6) is 0 Å². The van der Waals surface area contributed by atoms with Gasteiger partial charge < -0.3 is 5.11 Å². The minimum Gasteiger partial charge on any atom is -0.395 e. The van der Waals surface area contributed by atoms with Crippen molar-refractivity contribution in [2.75, 3.05) is 12.4 Å². The van der Waals surface area contributed by atoms with E-state index in [1.807, 2.05) is 23.9 Å². The van der Waals surface area contributed by atoms with Gasteiger partial charge in [-0.3, -0.25) is 0 Å². The molecule has 1 aromatic carbocycles. The van der Waals surface area contributed by atoms with Crippen LogP contribution in [0.4, 0.5) is 4.39 Å². The predicted octanol–water partition coefficient (Wildman–Crippen LogP) is 3.84. The van der Waals surface area contributed by atoms with Gasteiger partial charge in [0, 0.05) is 12.2 Å². The quantitative estimate of drug-likeness (QED) is 0.799. The third-order valence-electron chi connectivity index (χ3n) is 2.86. The summed E-state index contributed by atoms with van der Waals surface area (Å²) in [7, 11) is 0. The van der Waals surface area contributed by atoms with Crippen LogP contribution in [0.15, 0.2) is 18.2 Å². The SMILES string of the molecule is CCC(C)CSCc1ccc(F)c(C#CCCO)c1. The van der Waals surface area contributed by atoms with E-state index < -0.39 is 0 Å². The average Bonchev–Trinajstić information content (AvgIpc) is 2.42. The van der Waals surface area contributed by atoms with Crippen molar-refractivity contribution < 1.29 is 9.50 Å². The van der Waals surface area contributed by atoms with E-state index in [0.717, 1.165) is 17.1 Å². The third-order valence-corrected chi connectivity index (χ3v) is 4.20. The van der Waals surface area contributed by atoms with Crippen LogP contribution in [0.2, 0.25) is 0 Å². The zero-order valence-electron chi connectivity index (χ0n) is 11.6. The van der Waals surface area contributed by atoms with Gasteiger partial charge in [0.1, 0.15) is 5.82 Å². The van der Waals surface area contributed by atoms with E-state index in [4.69, 9.17) is 5.11 Å². The smallest absolute Gasteiger partial charge is 0.138 e. The molecule has 19 heavy (non-hydrogen) atoms. The third kappa shape index (κ3) is 6.13. The second-order valence-corrected chi connectivity index (χ2v) is 5.65. The summed E-state index contributed by atoms with van der Waals surface area (Å²) in [5.74, 6) is 7.97. The molecule has 1 N–H and O–H groups in total. The van der Waals surface area contributed by atoms with Crippen molar-refractivity contribution in [3.63, 3.8) is 0 Å². The van der Waals surface area contributed by atoms with Crippen molar-refractivity contribution in [1.29, 1.82) is 0 Å². The second kappa shape index (κ2) is 9.01. The molecule has 0 aliphatic carbocycles. The summed E-state index contributed by atoms with van der Waals surface area (Å²) in [6.07, 6.45) is 1.57. The fourth-order valence-electron chi connectivity index (χ4n) is 1.47. The van der Waals surface area contributed by atoms with Crippen molar-refractivity contribution in [3.05, 3.63) is 35.1 Å². The fraction of sp³-hybridized carbons (Fsp3) is 0.500. The van der Waals surface area contributed by atoms with E-state index in [1.165, 1.54) is 12.5 Å². The van der Waals surface area contributed by atoms with E-state index in [9.17, 15) is 4.39 Å². The maximum absolute atomic E-state index is 13.5. The molecule has 1 nitrogen and oxygen atoms in total. The first kappa shape index (κ1) is 16.1. The Balaban J connectivity index is 2.61. The summed E-state index contributed by atoms with van der Waals surface area (Å²) in [5, 5.41) is 8.66. The van der Waals surface area contributed by atoms with Crippen molar-refractivity contribution in [2.24, 2.45) is 5.92 Å². The highest BCUT2D eigenvalue weighted by Gasteiger charge is 2.03. The molecule has 1 aromatic rings. The second-order valence-electron chi connectivity index (χ2n) is 4.62. The number of halogens is 1. The molecule has 0 aromatic heterocycles. The lowest BCUT2D eigenvalue weighted by molar-refractivity contribution is 0.305. The Morgan fingerprint density at radius 2 is 2.21 bits per heavy atom. The molecule has 104 valence electrons. The highest BCUT2D eigenvalue weighted by atomic mass is 32.2. The highest BCUT2D eigenvalue weighted by Crippen LogP contribution is 2.19. The Morgan fingerprint density at radius 3 is 2.89 bits per heavy atom. The highest BCUT2D eigenvalue weighted by molar-refractivity contribution is 7.98. The summed E-state index contributed by atoms with van der Waals surface area (Å²) in [5.41, 5.74) is 1.53. The predicted molar refractivity (Wildman–Crippen MR) is 80.6 cm³/mol. The van der Waals surface area contributed by atoms with Gasteiger partial charge in [-0.2, -0.15) is 11.8 Å². The Morgan fingerprint density at radius 1 is 1.42 bits per heavy atom. The number of rotatable bonds is 6. The number of benzene rings is 1. The van der Waals surface area contributed by atoms with E-state index in [2.05, 4.69) is 25.7 Å². The Kier molecular flexibility index (Phi) is 7.62. The first-order chi connectivity index (χ1) is 9.17. The van der Waals surface area contributed by atoms with Crippen LogP contribution in [-0.4, -0.2) is 17.5 Å². The molecule has 0 heterocycles. The molecule has 0 fully saturated rings. The zero-order valence-corrected chi connectivity index (χ0v) is 12.4. The number of hydrogen-bond donors (Lipinski definition) is 1. The van der Waals surface area contributed by atoms with Crippen LogP contribution in [0.3, 0.4) is 0 Å². The van der Waals surface area contributed by atoms with E-state index >= 15 is 0 Å². The Hall–Kier alpha value is -0.980. The minimum absolute atomic E-state index is 0.0130. The van der Waals surface area contributed by atoms with Gasteiger partial charge in [0.05, 0.1) is 12.2 Å². The van der Waals surface area contributed by atoms with Crippen LogP contribution in [0, 0.1) is 23.6 Å². The van der Waals surface area contributed by atoms with Crippen molar-refractivity contribution in [2.45, 2.75) is 32.4 Å². The van der Waals surface area contributed by atoms with Crippen LogP contribution >= 0.6 is 11.8 Å². The Bertz CT molecular complexity index is 448. The number of aliphatic hydroxyl groups is 1. The van der Waals surface area contributed by atoms with Crippen LogP contribution in [0.25, 0.3) is 0 Å². The molecule has 0 saturated carbocycles. The molecule has 0 spiro atoms. The van der Waals surface area contributed by atoms with Crippen molar-refractivity contribution >= 4 is 11.8 Å². The van der Waals surface area contributed by atoms with Crippen LogP contribution in [0.1, 0.15) is 37.8 Å². The minimum atomic E-state index is -0.291. The maximum atomic E-state index is 13.5. The summed E-state index contributed by atoms with van der Waals surface area (Å²) in [4.78, 5) is 0. The van der Waals surface area contributed by atoms with Gasteiger partial charge >= 0.3 is 0 Å². The summed E-state index contributed by atoms with van der Waals surface area (Å²) >= 11 is 1.87. The van der Waals surface area contributed by atoms with Gasteiger partial charge in [-0.1, -0.05) is 38.2 Å². The van der Waals surface area contributed by atoms with E-state index in [-0.39, 0.29) is 12.4 Å². The largest absolute Gasteiger partial charge is 0.395 e. The summed E-state index contributed by atoms with van der Waals surface area (Å²) < 4.78 is 13.5. The van der Waals surface area contributed by atoms with Crippen molar-refractivity contribution in [1.82, 2.24) is 0 Å². The lowest BCUT2D eigenvalue weighted by atomic mass is 10.1. The molecule has 3 heteroatoms. The molecule has 0 radical (unpaired) electrons. The van der Waals surface area contributed by atoms with Crippen molar-refractivity contribution in [3.8, 4) is 11.8 Å². The summed E-state index contributed by atoms with van der Waals surface area (Å²) in [6, 6.07) is 5.10. The number of hydrogen-bond acceptors (Lipinski definition) is 2. The molecular formula is C16H21FOS. The molecule has 0 saturated heterocycles. The topological polar surface area (TPSA) is 20.2 Å². The monoisotopic (exact) mass is 280 g/mol. The lowest BCUT2D eigenvalue weighted by Crippen LogP contribution is -1.96. The first-order valence-corrected chi connectivity index (χ1v) is 7.78. The van der Waals surface area contributed by atoms with Gasteiger partial charge in [0.2, 0.25) is 0 Å². The molecule has 0 aliphatic rings. The number of thioether (sulfide) groups is 1. The van der Waals surface area contributed by atoms with Gasteiger partial charge in [-0.25, -0.2) is 4.39 Å². The van der Waals surface area contributed by atoms with Crippen LogP contribution in [-0.2, 0) is 5.75 Å². The first-order valence-electron chi connectivity index (χ1n) is 6.63.